The molecule has 2 heteroatoms. The molecular weight excluding hydrogens is 246 g/mol. The quantitative estimate of drug-likeness (QED) is 0.913. The Bertz CT molecular complexity index is 585. The highest BCUT2D eigenvalue weighted by Crippen LogP contribution is 2.29. The van der Waals surface area contributed by atoms with Crippen LogP contribution in [0.1, 0.15) is 36.1 Å². The number of hydrogen-bond acceptors (Lipinski definition) is 2. The van der Waals surface area contributed by atoms with Gasteiger partial charge in [-0.15, -0.1) is 0 Å². The van der Waals surface area contributed by atoms with Gasteiger partial charge in [0.05, 0.1) is 12.1 Å². The summed E-state index contributed by atoms with van der Waals surface area (Å²) in [5.74, 6) is 0.882. The Balaban J connectivity index is 2.35. The van der Waals surface area contributed by atoms with Gasteiger partial charge in [0.2, 0.25) is 0 Å². The molecule has 0 aromatic heterocycles. The monoisotopic (exact) mass is 269 g/mol. The summed E-state index contributed by atoms with van der Waals surface area (Å²) in [7, 11) is 0. The summed E-state index contributed by atoms with van der Waals surface area (Å²) >= 11 is 0. The van der Waals surface area contributed by atoms with Crippen LogP contribution in [0.2, 0.25) is 0 Å². The molecule has 1 unspecified atom stereocenters. The third kappa shape index (κ3) is 2.86. The van der Waals surface area contributed by atoms with Gasteiger partial charge in [0.15, 0.2) is 0 Å². The van der Waals surface area contributed by atoms with Gasteiger partial charge in [0, 0.05) is 0 Å². The van der Waals surface area contributed by atoms with Gasteiger partial charge in [-0.1, -0.05) is 30.3 Å². The van der Waals surface area contributed by atoms with E-state index in [1.807, 2.05) is 38.1 Å². The molecule has 106 valence electrons. The van der Waals surface area contributed by atoms with Crippen molar-refractivity contribution < 1.29 is 4.74 Å². The number of hydrogen-bond donors (Lipinski definition) is 1. The third-order valence-corrected chi connectivity index (χ3v) is 3.87. The molecule has 0 bridgehead atoms. The average Bonchev–Trinajstić information content (AvgIpc) is 2.43. The zero-order chi connectivity index (χ0) is 14.8. The maximum absolute atomic E-state index is 6.56. The van der Waals surface area contributed by atoms with E-state index in [4.69, 9.17) is 10.5 Å². The van der Waals surface area contributed by atoms with Gasteiger partial charge in [-0.3, -0.25) is 0 Å². The van der Waals surface area contributed by atoms with E-state index in [0.717, 1.165) is 16.9 Å². The number of nitrogens with two attached hydrogens (primary N) is 1. The van der Waals surface area contributed by atoms with Crippen molar-refractivity contribution in [2.24, 2.45) is 5.73 Å². The molecule has 0 radical (unpaired) electrons. The zero-order valence-electron chi connectivity index (χ0n) is 12.7. The van der Waals surface area contributed by atoms with Crippen LogP contribution in [0.5, 0.6) is 5.75 Å². The Labute approximate surface area is 121 Å². The Morgan fingerprint density at radius 3 is 2.10 bits per heavy atom. The molecule has 0 saturated heterocycles. The van der Waals surface area contributed by atoms with Crippen molar-refractivity contribution in [2.45, 2.75) is 33.2 Å². The highest BCUT2D eigenvalue weighted by molar-refractivity contribution is 5.42. The second kappa shape index (κ2) is 5.68. The van der Waals surface area contributed by atoms with Gasteiger partial charge < -0.3 is 10.5 Å². The van der Waals surface area contributed by atoms with E-state index in [1.165, 1.54) is 11.1 Å². The fourth-order valence-electron chi connectivity index (χ4n) is 2.30. The summed E-state index contributed by atoms with van der Waals surface area (Å²) in [6, 6.07) is 14.4. The molecule has 2 nitrogen and oxygen atoms in total. The van der Waals surface area contributed by atoms with Gasteiger partial charge in [0.1, 0.15) is 5.75 Å². The van der Waals surface area contributed by atoms with Gasteiger partial charge in [0.25, 0.3) is 0 Å². The molecule has 2 rings (SSSR count). The molecule has 1 atom stereocenters. The molecule has 2 N–H and O–H groups in total. The molecule has 0 heterocycles. The van der Waals surface area contributed by atoms with Crippen molar-refractivity contribution >= 4 is 0 Å². The minimum Gasteiger partial charge on any atom is -0.494 e. The van der Waals surface area contributed by atoms with E-state index in [2.05, 4.69) is 32.0 Å². The summed E-state index contributed by atoms with van der Waals surface area (Å²) in [5.41, 5.74) is 10.8. The third-order valence-electron chi connectivity index (χ3n) is 3.87. The van der Waals surface area contributed by atoms with Crippen LogP contribution in [0.25, 0.3) is 0 Å². The van der Waals surface area contributed by atoms with Crippen LogP contribution < -0.4 is 10.5 Å². The number of rotatable bonds is 4. The van der Waals surface area contributed by atoms with Crippen molar-refractivity contribution in [1.29, 1.82) is 0 Å². The number of ether oxygens (including phenoxy) is 1. The molecule has 0 saturated carbocycles. The molecule has 20 heavy (non-hydrogen) atoms. The predicted octanol–water partition coefficient (Wildman–Crippen LogP) is 3.92. The van der Waals surface area contributed by atoms with E-state index < -0.39 is 5.54 Å². The van der Waals surface area contributed by atoms with Crippen molar-refractivity contribution in [3.63, 3.8) is 0 Å². The maximum Gasteiger partial charge on any atom is 0.119 e. The normalized spacial score (nSPS) is 13.8. The Morgan fingerprint density at radius 2 is 1.55 bits per heavy atom. The van der Waals surface area contributed by atoms with Crippen molar-refractivity contribution in [1.82, 2.24) is 0 Å². The van der Waals surface area contributed by atoms with Gasteiger partial charge in [-0.05, 0) is 62.1 Å². The van der Waals surface area contributed by atoms with Crippen molar-refractivity contribution in [3.8, 4) is 5.75 Å². The van der Waals surface area contributed by atoms with E-state index >= 15 is 0 Å². The standard InChI is InChI=1S/C18H23NO/c1-5-20-17-10-8-15(9-11-17)18(4,19)16-7-6-13(2)14(3)12-16/h6-12H,5,19H2,1-4H3. The minimum absolute atomic E-state index is 0.497. The Morgan fingerprint density at radius 1 is 0.950 bits per heavy atom. The molecule has 0 amide bonds. The van der Waals surface area contributed by atoms with E-state index in [1.54, 1.807) is 0 Å². The molecule has 0 aliphatic heterocycles. The largest absolute Gasteiger partial charge is 0.494 e. The highest BCUT2D eigenvalue weighted by atomic mass is 16.5. The van der Waals surface area contributed by atoms with E-state index in [-0.39, 0.29) is 0 Å². The van der Waals surface area contributed by atoms with Gasteiger partial charge in [-0.2, -0.15) is 0 Å². The first kappa shape index (κ1) is 14.6. The van der Waals surface area contributed by atoms with Crippen LogP contribution >= 0.6 is 0 Å². The van der Waals surface area contributed by atoms with E-state index in [0.29, 0.717) is 6.61 Å². The number of benzene rings is 2. The highest BCUT2D eigenvalue weighted by Gasteiger charge is 2.23. The van der Waals surface area contributed by atoms with Crippen molar-refractivity contribution in [2.75, 3.05) is 6.61 Å². The lowest BCUT2D eigenvalue weighted by Crippen LogP contribution is -2.34. The first-order valence-corrected chi connectivity index (χ1v) is 7.05. The van der Waals surface area contributed by atoms with Gasteiger partial charge in [-0.25, -0.2) is 0 Å². The summed E-state index contributed by atoms with van der Waals surface area (Å²) in [5, 5.41) is 0. The minimum atomic E-state index is -0.497. The predicted molar refractivity (Wildman–Crippen MR) is 84.2 cm³/mol. The fourth-order valence-corrected chi connectivity index (χ4v) is 2.30. The summed E-state index contributed by atoms with van der Waals surface area (Å²) in [4.78, 5) is 0. The van der Waals surface area contributed by atoms with Crippen molar-refractivity contribution in [3.05, 3.63) is 64.7 Å². The second-order valence-corrected chi connectivity index (χ2v) is 5.46. The molecule has 0 aliphatic carbocycles. The summed E-state index contributed by atoms with van der Waals surface area (Å²) in [6.45, 7) is 8.94. The number of aryl methyl sites for hydroxylation is 2. The molecule has 2 aromatic rings. The maximum atomic E-state index is 6.56. The van der Waals surface area contributed by atoms with Crippen LogP contribution in [-0.4, -0.2) is 6.61 Å². The topological polar surface area (TPSA) is 35.2 Å². The van der Waals surface area contributed by atoms with Crippen LogP contribution in [-0.2, 0) is 5.54 Å². The zero-order valence-corrected chi connectivity index (χ0v) is 12.7. The average molecular weight is 269 g/mol. The lowest BCUT2D eigenvalue weighted by molar-refractivity contribution is 0.340. The smallest absolute Gasteiger partial charge is 0.119 e. The summed E-state index contributed by atoms with van der Waals surface area (Å²) < 4.78 is 5.47. The first-order valence-electron chi connectivity index (χ1n) is 7.05. The van der Waals surface area contributed by atoms with E-state index in [9.17, 15) is 0 Å². The molecular formula is C18H23NO. The Kier molecular flexibility index (Phi) is 4.15. The second-order valence-electron chi connectivity index (χ2n) is 5.46. The van der Waals surface area contributed by atoms with Crippen LogP contribution in [0.4, 0.5) is 0 Å². The lowest BCUT2D eigenvalue weighted by Gasteiger charge is -2.27. The van der Waals surface area contributed by atoms with Gasteiger partial charge >= 0.3 is 0 Å². The molecule has 0 fully saturated rings. The fraction of sp³-hybridized carbons (Fsp3) is 0.333. The lowest BCUT2D eigenvalue weighted by atomic mass is 9.84. The van der Waals surface area contributed by atoms with Crippen LogP contribution in [0.15, 0.2) is 42.5 Å². The van der Waals surface area contributed by atoms with Crippen LogP contribution in [0, 0.1) is 13.8 Å². The Hall–Kier alpha value is -1.80. The molecule has 2 aromatic carbocycles. The molecule has 0 spiro atoms. The molecule has 0 aliphatic rings. The SMILES string of the molecule is CCOc1ccc(C(C)(N)c2ccc(C)c(C)c2)cc1. The first-order chi connectivity index (χ1) is 9.45. The van der Waals surface area contributed by atoms with Crippen LogP contribution in [0.3, 0.4) is 0 Å². The summed E-state index contributed by atoms with van der Waals surface area (Å²) in [6.07, 6.45) is 0.